The van der Waals surface area contributed by atoms with Crippen LogP contribution in [0.15, 0.2) is 47.7 Å². The van der Waals surface area contributed by atoms with E-state index in [9.17, 15) is 5.11 Å². The molecule has 0 spiro atoms. The van der Waals surface area contributed by atoms with Crippen LogP contribution < -0.4 is 4.74 Å². The first-order valence-electron chi connectivity index (χ1n) is 6.95. The second kappa shape index (κ2) is 6.78. The molecule has 0 saturated heterocycles. The molecule has 4 heteroatoms. The van der Waals surface area contributed by atoms with E-state index in [0.29, 0.717) is 12.2 Å². The van der Waals surface area contributed by atoms with Crippen LogP contribution >= 0.6 is 0 Å². The maximum atomic E-state index is 10.3. The predicted molar refractivity (Wildman–Crippen MR) is 81.1 cm³/mol. The van der Waals surface area contributed by atoms with E-state index in [2.05, 4.69) is 12.1 Å². The maximum Gasteiger partial charge on any atom is 0.192 e. The Hall–Kier alpha value is -1.78. The second-order valence-electron chi connectivity index (χ2n) is 5.13. The first-order chi connectivity index (χ1) is 10.1. The molecular formula is C17H22O4. The summed E-state index contributed by atoms with van der Waals surface area (Å²) >= 11 is 0. The summed E-state index contributed by atoms with van der Waals surface area (Å²) in [6, 6.07) is 8.02. The molecule has 1 aliphatic rings. The maximum absolute atomic E-state index is 10.3. The van der Waals surface area contributed by atoms with E-state index >= 15 is 0 Å². The van der Waals surface area contributed by atoms with Gasteiger partial charge in [-0.05, 0) is 36.6 Å². The SMILES string of the molecule is COC1=CC(O)(OC)CC(CCc2ccc(OC)cc2)=C1. The van der Waals surface area contributed by atoms with Gasteiger partial charge in [0.1, 0.15) is 11.5 Å². The molecule has 0 heterocycles. The number of aryl methyl sites for hydroxylation is 1. The van der Waals surface area contributed by atoms with Crippen molar-refractivity contribution < 1.29 is 19.3 Å². The van der Waals surface area contributed by atoms with Crippen LogP contribution in [0.25, 0.3) is 0 Å². The molecule has 0 aromatic heterocycles. The zero-order chi connectivity index (χ0) is 15.3. The van der Waals surface area contributed by atoms with E-state index in [1.54, 1.807) is 20.3 Å². The van der Waals surface area contributed by atoms with Crippen LogP contribution in [0.1, 0.15) is 18.4 Å². The van der Waals surface area contributed by atoms with Crippen molar-refractivity contribution in [3.63, 3.8) is 0 Å². The number of hydrogen-bond donors (Lipinski definition) is 1. The summed E-state index contributed by atoms with van der Waals surface area (Å²) in [5.41, 5.74) is 2.33. The number of allylic oxidation sites excluding steroid dienone is 1. The van der Waals surface area contributed by atoms with E-state index in [0.717, 1.165) is 24.2 Å². The third-order valence-corrected chi connectivity index (χ3v) is 3.68. The molecule has 2 rings (SSSR count). The molecule has 1 unspecified atom stereocenters. The molecule has 0 bridgehead atoms. The summed E-state index contributed by atoms with van der Waals surface area (Å²) in [6.07, 6.45) is 5.78. The Labute approximate surface area is 125 Å². The van der Waals surface area contributed by atoms with E-state index < -0.39 is 5.79 Å². The molecule has 4 nitrogen and oxygen atoms in total. The molecule has 114 valence electrons. The van der Waals surface area contributed by atoms with Crippen LogP contribution in [0.2, 0.25) is 0 Å². The highest BCUT2D eigenvalue weighted by Gasteiger charge is 2.29. The number of rotatable bonds is 6. The molecule has 0 amide bonds. The average Bonchev–Trinajstić information content (AvgIpc) is 2.53. The summed E-state index contributed by atoms with van der Waals surface area (Å²) in [6.45, 7) is 0. The summed E-state index contributed by atoms with van der Waals surface area (Å²) in [5, 5.41) is 10.3. The molecule has 0 radical (unpaired) electrons. The number of hydrogen-bond acceptors (Lipinski definition) is 4. The van der Waals surface area contributed by atoms with Gasteiger partial charge in [-0.15, -0.1) is 0 Å². The van der Waals surface area contributed by atoms with E-state index in [1.807, 2.05) is 18.2 Å². The van der Waals surface area contributed by atoms with Crippen LogP contribution in [0, 0.1) is 0 Å². The van der Waals surface area contributed by atoms with E-state index in [4.69, 9.17) is 14.2 Å². The highest BCUT2D eigenvalue weighted by Crippen LogP contribution is 2.30. The Kier molecular flexibility index (Phi) is 5.04. The zero-order valence-corrected chi connectivity index (χ0v) is 12.8. The minimum atomic E-state index is -1.27. The summed E-state index contributed by atoms with van der Waals surface area (Å²) < 4.78 is 15.5. The zero-order valence-electron chi connectivity index (χ0n) is 12.8. The number of ether oxygens (including phenoxy) is 3. The fraction of sp³-hybridized carbons (Fsp3) is 0.412. The highest BCUT2D eigenvalue weighted by atomic mass is 16.6. The van der Waals surface area contributed by atoms with Gasteiger partial charge >= 0.3 is 0 Å². The lowest BCUT2D eigenvalue weighted by molar-refractivity contribution is -0.147. The van der Waals surface area contributed by atoms with Crippen molar-refractivity contribution in [1.82, 2.24) is 0 Å². The van der Waals surface area contributed by atoms with Crippen molar-refractivity contribution in [3.8, 4) is 5.75 Å². The van der Waals surface area contributed by atoms with Gasteiger partial charge < -0.3 is 19.3 Å². The molecule has 1 aliphatic carbocycles. The van der Waals surface area contributed by atoms with E-state index in [1.165, 1.54) is 12.7 Å². The highest BCUT2D eigenvalue weighted by molar-refractivity contribution is 5.31. The van der Waals surface area contributed by atoms with Gasteiger partial charge in [-0.2, -0.15) is 0 Å². The Morgan fingerprint density at radius 2 is 1.76 bits per heavy atom. The predicted octanol–water partition coefficient (Wildman–Crippen LogP) is 2.82. The Bertz CT molecular complexity index is 530. The largest absolute Gasteiger partial charge is 0.497 e. The first kappa shape index (κ1) is 15.6. The molecule has 1 aromatic rings. The summed E-state index contributed by atoms with van der Waals surface area (Å²) in [5.74, 6) is 0.222. The lowest BCUT2D eigenvalue weighted by atomic mass is 9.93. The summed E-state index contributed by atoms with van der Waals surface area (Å²) in [7, 11) is 4.74. The molecule has 0 saturated carbocycles. The topological polar surface area (TPSA) is 47.9 Å². The van der Waals surface area contributed by atoms with Crippen LogP contribution in [0.3, 0.4) is 0 Å². The normalized spacial score (nSPS) is 21.5. The molecular weight excluding hydrogens is 268 g/mol. The molecule has 0 fully saturated rings. The Morgan fingerprint density at radius 3 is 2.33 bits per heavy atom. The minimum absolute atomic E-state index is 0.465. The monoisotopic (exact) mass is 290 g/mol. The van der Waals surface area contributed by atoms with Crippen molar-refractivity contribution in [1.29, 1.82) is 0 Å². The van der Waals surface area contributed by atoms with Crippen LogP contribution in [-0.4, -0.2) is 32.2 Å². The molecule has 21 heavy (non-hydrogen) atoms. The van der Waals surface area contributed by atoms with Crippen molar-refractivity contribution in [2.24, 2.45) is 0 Å². The van der Waals surface area contributed by atoms with Gasteiger partial charge in [0.25, 0.3) is 0 Å². The van der Waals surface area contributed by atoms with E-state index in [-0.39, 0.29) is 0 Å². The summed E-state index contributed by atoms with van der Waals surface area (Å²) in [4.78, 5) is 0. The second-order valence-corrected chi connectivity index (χ2v) is 5.13. The third kappa shape index (κ3) is 4.09. The smallest absolute Gasteiger partial charge is 0.192 e. The lowest BCUT2D eigenvalue weighted by Crippen LogP contribution is -2.31. The number of aliphatic hydroxyl groups is 1. The first-order valence-corrected chi connectivity index (χ1v) is 6.95. The van der Waals surface area contributed by atoms with Crippen molar-refractivity contribution in [3.05, 3.63) is 53.3 Å². The van der Waals surface area contributed by atoms with Gasteiger partial charge in [-0.1, -0.05) is 17.7 Å². The van der Waals surface area contributed by atoms with Crippen molar-refractivity contribution in [2.75, 3.05) is 21.3 Å². The van der Waals surface area contributed by atoms with Crippen LogP contribution in [0.4, 0.5) is 0 Å². The lowest BCUT2D eigenvalue weighted by Gasteiger charge is -2.28. The van der Waals surface area contributed by atoms with Gasteiger partial charge in [-0.25, -0.2) is 0 Å². The number of benzene rings is 1. The minimum Gasteiger partial charge on any atom is -0.497 e. The van der Waals surface area contributed by atoms with Crippen LogP contribution in [0.5, 0.6) is 5.75 Å². The Balaban J connectivity index is 2.01. The van der Waals surface area contributed by atoms with Gasteiger partial charge in [0.15, 0.2) is 5.79 Å². The third-order valence-electron chi connectivity index (χ3n) is 3.68. The quantitative estimate of drug-likeness (QED) is 0.818. The molecule has 1 aromatic carbocycles. The van der Waals surface area contributed by atoms with Gasteiger partial charge in [0.05, 0.1) is 14.2 Å². The average molecular weight is 290 g/mol. The number of methoxy groups -OCH3 is 3. The van der Waals surface area contributed by atoms with Crippen LogP contribution in [-0.2, 0) is 15.9 Å². The molecule has 0 aliphatic heterocycles. The Morgan fingerprint density at radius 1 is 1.05 bits per heavy atom. The van der Waals surface area contributed by atoms with Gasteiger partial charge in [0.2, 0.25) is 0 Å². The van der Waals surface area contributed by atoms with Gasteiger partial charge in [0, 0.05) is 19.6 Å². The molecule has 1 N–H and O–H groups in total. The van der Waals surface area contributed by atoms with Crippen molar-refractivity contribution >= 4 is 0 Å². The van der Waals surface area contributed by atoms with Gasteiger partial charge in [-0.3, -0.25) is 0 Å². The van der Waals surface area contributed by atoms with Crippen molar-refractivity contribution in [2.45, 2.75) is 25.0 Å². The fourth-order valence-corrected chi connectivity index (χ4v) is 2.40. The fourth-order valence-electron chi connectivity index (χ4n) is 2.40. The molecule has 1 atom stereocenters. The standard InChI is InChI=1S/C17H22O4/c1-19-15-8-6-13(7-9-15)4-5-14-10-16(20-2)12-17(18,11-14)21-3/h6-10,12,18H,4-5,11H2,1-3H3.